The molecule has 1 aliphatic heterocycles. The van der Waals surface area contributed by atoms with Crippen LogP contribution < -0.4 is 11.3 Å². The molecule has 0 aromatic carbocycles. The molecule has 1 saturated heterocycles. The first-order valence-corrected chi connectivity index (χ1v) is 8.77. The van der Waals surface area contributed by atoms with Gasteiger partial charge in [0.1, 0.15) is 0 Å². The van der Waals surface area contributed by atoms with Crippen LogP contribution in [-0.4, -0.2) is 29.6 Å². The van der Waals surface area contributed by atoms with Gasteiger partial charge < -0.3 is 0 Å². The largest absolute Gasteiger partial charge is 0.297 e. The van der Waals surface area contributed by atoms with Crippen LogP contribution in [0.5, 0.6) is 0 Å². The van der Waals surface area contributed by atoms with Crippen molar-refractivity contribution < 1.29 is 0 Å². The molecule has 1 aliphatic carbocycles. The van der Waals surface area contributed by atoms with E-state index in [-0.39, 0.29) is 5.54 Å². The Morgan fingerprint density at radius 3 is 2.25 bits per heavy atom. The van der Waals surface area contributed by atoms with E-state index in [4.69, 9.17) is 5.84 Å². The number of hydrazine groups is 1. The molecule has 3 atom stereocenters. The molecule has 20 heavy (non-hydrogen) atoms. The van der Waals surface area contributed by atoms with Crippen LogP contribution in [0, 0.1) is 11.8 Å². The van der Waals surface area contributed by atoms with Crippen LogP contribution in [0.2, 0.25) is 0 Å². The Hall–Kier alpha value is -0.120. The van der Waals surface area contributed by atoms with Crippen LogP contribution in [0.25, 0.3) is 0 Å². The SMILES string of the molecule is CC1CCCC(C(NN)C(C)(C)N2CCCCCC2)C1. The minimum Gasteiger partial charge on any atom is -0.297 e. The first-order chi connectivity index (χ1) is 9.55. The first-order valence-electron chi connectivity index (χ1n) is 8.77. The fourth-order valence-electron chi connectivity index (χ4n) is 4.54. The van der Waals surface area contributed by atoms with Crippen LogP contribution in [0.3, 0.4) is 0 Å². The molecule has 3 N–H and O–H groups in total. The first kappa shape index (κ1) is 16.3. The Labute approximate surface area is 125 Å². The van der Waals surface area contributed by atoms with E-state index in [9.17, 15) is 0 Å². The molecule has 1 saturated carbocycles. The van der Waals surface area contributed by atoms with Crippen molar-refractivity contribution in [1.29, 1.82) is 0 Å². The van der Waals surface area contributed by atoms with E-state index in [1.807, 2.05) is 0 Å². The molecule has 2 rings (SSSR count). The van der Waals surface area contributed by atoms with Gasteiger partial charge in [-0.3, -0.25) is 16.2 Å². The fourth-order valence-corrected chi connectivity index (χ4v) is 4.54. The number of nitrogens with two attached hydrogens (primary N) is 1. The lowest BCUT2D eigenvalue weighted by atomic mass is 9.73. The van der Waals surface area contributed by atoms with Crippen molar-refractivity contribution in [3.63, 3.8) is 0 Å². The molecular weight excluding hydrogens is 246 g/mol. The summed E-state index contributed by atoms with van der Waals surface area (Å²) in [5.41, 5.74) is 3.38. The standard InChI is InChI=1S/C17H35N3/c1-14-9-8-10-15(13-14)16(19-18)17(2,3)20-11-6-4-5-7-12-20/h14-16,19H,4-13,18H2,1-3H3. The topological polar surface area (TPSA) is 41.3 Å². The zero-order chi connectivity index (χ0) is 14.6. The lowest BCUT2D eigenvalue weighted by molar-refractivity contribution is 0.0431. The molecule has 118 valence electrons. The molecule has 0 spiro atoms. The van der Waals surface area contributed by atoms with Crippen LogP contribution >= 0.6 is 0 Å². The number of hydrogen-bond acceptors (Lipinski definition) is 3. The molecule has 0 aromatic heterocycles. The molecule has 2 aliphatic rings. The van der Waals surface area contributed by atoms with Gasteiger partial charge >= 0.3 is 0 Å². The van der Waals surface area contributed by atoms with Gasteiger partial charge in [0.25, 0.3) is 0 Å². The van der Waals surface area contributed by atoms with Crippen LogP contribution in [0.15, 0.2) is 0 Å². The van der Waals surface area contributed by atoms with Crippen LogP contribution in [-0.2, 0) is 0 Å². The predicted molar refractivity (Wildman–Crippen MR) is 86.4 cm³/mol. The van der Waals surface area contributed by atoms with Gasteiger partial charge in [0.2, 0.25) is 0 Å². The highest BCUT2D eigenvalue weighted by Gasteiger charge is 2.40. The molecule has 3 unspecified atom stereocenters. The summed E-state index contributed by atoms with van der Waals surface area (Å²) in [5.74, 6) is 7.61. The Morgan fingerprint density at radius 1 is 1.05 bits per heavy atom. The summed E-state index contributed by atoms with van der Waals surface area (Å²) in [6, 6.07) is 0.420. The van der Waals surface area contributed by atoms with Crippen LogP contribution in [0.1, 0.15) is 72.1 Å². The summed E-state index contributed by atoms with van der Waals surface area (Å²) in [5, 5.41) is 0. The van der Waals surface area contributed by atoms with Gasteiger partial charge in [-0.1, -0.05) is 32.6 Å². The second-order valence-corrected chi connectivity index (χ2v) is 7.73. The Kier molecular flexibility index (Phi) is 5.88. The van der Waals surface area contributed by atoms with Gasteiger partial charge in [0.15, 0.2) is 0 Å². The van der Waals surface area contributed by atoms with Gasteiger partial charge in [-0.05, 0) is 64.5 Å². The summed E-state index contributed by atoms with van der Waals surface area (Å²) in [7, 11) is 0. The number of hydrogen-bond donors (Lipinski definition) is 2. The second-order valence-electron chi connectivity index (χ2n) is 7.73. The quantitative estimate of drug-likeness (QED) is 0.613. The number of nitrogens with one attached hydrogen (secondary N) is 1. The average Bonchev–Trinajstić information content (AvgIpc) is 2.68. The van der Waals surface area contributed by atoms with Crippen LogP contribution in [0.4, 0.5) is 0 Å². The molecular formula is C17H35N3. The summed E-state index contributed by atoms with van der Waals surface area (Å²) < 4.78 is 0. The van der Waals surface area contributed by atoms with E-state index in [0.717, 1.165) is 11.8 Å². The third-order valence-corrected chi connectivity index (χ3v) is 5.81. The van der Waals surface area contributed by atoms with E-state index in [0.29, 0.717) is 6.04 Å². The van der Waals surface area contributed by atoms with Gasteiger partial charge in [-0.15, -0.1) is 0 Å². The number of nitrogens with zero attached hydrogens (tertiary/aromatic N) is 1. The number of likely N-dealkylation sites (tertiary alicyclic amines) is 1. The highest BCUT2D eigenvalue weighted by molar-refractivity contribution is 4.98. The Balaban J connectivity index is 2.06. The Morgan fingerprint density at radius 2 is 1.70 bits per heavy atom. The smallest absolute Gasteiger partial charge is 0.0417 e. The molecule has 1 heterocycles. The van der Waals surface area contributed by atoms with E-state index < -0.39 is 0 Å². The summed E-state index contributed by atoms with van der Waals surface area (Å²) >= 11 is 0. The van der Waals surface area contributed by atoms with E-state index >= 15 is 0 Å². The van der Waals surface area contributed by atoms with Crippen molar-refractivity contribution in [2.45, 2.75) is 83.7 Å². The Bertz CT molecular complexity index is 282. The van der Waals surface area contributed by atoms with Crippen molar-refractivity contribution in [2.75, 3.05) is 13.1 Å². The molecule has 0 amide bonds. The van der Waals surface area contributed by atoms with Crippen molar-refractivity contribution >= 4 is 0 Å². The monoisotopic (exact) mass is 281 g/mol. The van der Waals surface area contributed by atoms with Crippen molar-refractivity contribution in [2.24, 2.45) is 17.7 Å². The maximum atomic E-state index is 6.00. The van der Waals surface area contributed by atoms with Gasteiger partial charge in [0.05, 0.1) is 0 Å². The van der Waals surface area contributed by atoms with E-state index in [2.05, 4.69) is 31.1 Å². The average molecular weight is 281 g/mol. The molecule has 2 fully saturated rings. The number of rotatable bonds is 4. The third-order valence-electron chi connectivity index (χ3n) is 5.81. The molecule has 0 radical (unpaired) electrons. The van der Waals surface area contributed by atoms with E-state index in [1.54, 1.807) is 0 Å². The third kappa shape index (κ3) is 3.75. The second kappa shape index (κ2) is 7.24. The highest BCUT2D eigenvalue weighted by Crippen LogP contribution is 2.36. The highest BCUT2D eigenvalue weighted by atomic mass is 15.3. The zero-order valence-corrected chi connectivity index (χ0v) is 13.8. The minimum absolute atomic E-state index is 0.167. The molecule has 3 nitrogen and oxygen atoms in total. The minimum atomic E-state index is 0.167. The summed E-state index contributed by atoms with van der Waals surface area (Å²) in [6.07, 6.45) is 11.0. The predicted octanol–water partition coefficient (Wildman–Crippen LogP) is 3.30. The zero-order valence-electron chi connectivity index (χ0n) is 13.8. The summed E-state index contributed by atoms with van der Waals surface area (Å²) in [4.78, 5) is 2.70. The lowest BCUT2D eigenvalue weighted by Gasteiger charge is -2.48. The molecule has 0 bridgehead atoms. The maximum Gasteiger partial charge on any atom is 0.0417 e. The normalized spacial score (nSPS) is 31.8. The van der Waals surface area contributed by atoms with Gasteiger partial charge in [0, 0.05) is 11.6 Å². The van der Waals surface area contributed by atoms with E-state index in [1.165, 1.54) is 64.5 Å². The van der Waals surface area contributed by atoms with Gasteiger partial charge in [-0.25, -0.2) is 0 Å². The van der Waals surface area contributed by atoms with Gasteiger partial charge in [-0.2, -0.15) is 0 Å². The maximum absolute atomic E-state index is 6.00. The summed E-state index contributed by atoms with van der Waals surface area (Å²) in [6.45, 7) is 9.70. The lowest BCUT2D eigenvalue weighted by Crippen LogP contribution is -2.62. The molecule has 0 aromatic rings. The fraction of sp³-hybridized carbons (Fsp3) is 1.00. The van der Waals surface area contributed by atoms with Crippen molar-refractivity contribution in [1.82, 2.24) is 10.3 Å². The van der Waals surface area contributed by atoms with Crippen molar-refractivity contribution in [3.8, 4) is 0 Å². The molecule has 3 heteroatoms. The van der Waals surface area contributed by atoms with Crippen molar-refractivity contribution in [3.05, 3.63) is 0 Å².